The number of ether oxygens (including phenoxy) is 2. The van der Waals surface area contributed by atoms with Crippen molar-refractivity contribution in [3.63, 3.8) is 0 Å². The monoisotopic (exact) mass is 525 g/mol. The molecule has 1 saturated heterocycles. The highest BCUT2D eigenvalue weighted by molar-refractivity contribution is 7.21. The predicted octanol–water partition coefficient (Wildman–Crippen LogP) is 6.95. The molecule has 1 aromatic heterocycles. The lowest BCUT2D eigenvalue weighted by atomic mass is 10.0. The molecule has 36 heavy (non-hydrogen) atoms. The molecule has 0 spiro atoms. The Bertz CT molecular complexity index is 1370. The van der Waals surface area contributed by atoms with Gasteiger partial charge in [-0.25, -0.2) is 0 Å². The van der Waals surface area contributed by atoms with E-state index in [1.807, 2.05) is 12.1 Å². The molecule has 0 atom stereocenters. The lowest BCUT2D eigenvalue weighted by Gasteiger charge is -2.37. The fourth-order valence-corrected chi connectivity index (χ4v) is 5.58. The Morgan fingerprint density at radius 2 is 1.83 bits per heavy atom. The van der Waals surface area contributed by atoms with Crippen molar-refractivity contribution < 1.29 is 23.8 Å². The van der Waals surface area contributed by atoms with Gasteiger partial charge in [-0.05, 0) is 61.0 Å². The SMILES string of the molecule is O=C(c1ccccc1Cl)c1sc2cc(O)ccc2c1Oc1ccc(OCCCN2CC(CF)C2)cc1. The van der Waals surface area contributed by atoms with Gasteiger partial charge in [-0.2, -0.15) is 0 Å². The summed E-state index contributed by atoms with van der Waals surface area (Å²) in [5.74, 6) is 1.78. The quantitative estimate of drug-likeness (QED) is 0.179. The lowest BCUT2D eigenvalue weighted by molar-refractivity contribution is 0.0755. The molecule has 2 heterocycles. The summed E-state index contributed by atoms with van der Waals surface area (Å²) in [5.41, 5.74) is 0.391. The van der Waals surface area contributed by atoms with Crippen LogP contribution < -0.4 is 9.47 Å². The molecule has 0 saturated carbocycles. The number of alkyl halides is 1. The number of ketones is 1. The Kier molecular flexibility index (Phi) is 7.41. The number of halogens is 2. The number of carbonyl (C=O) groups excluding carboxylic acids is 1. The van der Waals surface area contributed by atoms with Crippen molar-refractivity contribution in [1.29, 1.82) is 0 Å². The summed E-state index contributed by atoms with van der Waals surface area (Å²) < 4.78 is 25.3. The fraction of sp³-hybridized carbons (Fsp3) is 0.250. The summed E-state index contributed by atoms with van der Waals surface area (Å²) in [4.78, 5) is 16.0. The number of phenols is 1. The van der Waals surface area contributed by atoms with E-state index in [0.29, 0.717) is 33.6 Å². The molecule has 4 aromatic rings. The van der Waals surface area contributed by atoms with Gasteiger partial charge in [0.2, 0.25) is 5.78 Å². The summed E-state index contributed by atoms with van der Waals surface area (Å²) in [5, 5.41) is 11.0. The van der Waals surface area contributed by atoms with Gasteiger partial charge in [0, 0.05) is 41.2 Å². The van der Waals surface area contributed by atoms with Crippen molar-refractivity contribution in [2.45, 2.75) is 6.42 Å². The van der Waals surface area contributed by atoms with Crippen LogP contribution in [-0.4, -0.2) is 48.7 Å². The van der Waals surface area contributed by atoms with E-state index in [4.69, 9.17) is 21.1 Å². The molecule has 0 bridgehead atoms. The molecule has 1 aliphatic heterocycles. The van der Waals surface area contributed by atoms with Crippen LogP contribution in [-0.2, 0) is 0 Å². The first-order chi connectivity index (χ1) is 17.5. The number of hydrogen-bond donors (Lipinski definition) is 1. The molecule has 186 valence electrons. The smallest absolute Gasteiger partial charge is 0.208 e. The second kappa shape index (κ2) is 10.9. The van der Waals surface area contributed by atoms with Gasteiger partial charge < -0.3 is 19.5 Å². The zero-order chi connectivity index (χ0) is 25.1. The van der Waals surface area contributed by atoms with Crippen LogP contribution in [0.3, 0.4) is 0 Å². The number of rotatable bonds is 10. The zero-order valence-electron chi connectivity index (χ0n) is 19.5. The van der Waals surface area contributed by atoms with Crippen LogP contribution in [0.5, 0.6) is 23.0 Å². The molecule has 3 aromatic carbocycles. The number of benzene rings is 3. The van der Waals surface area contributed by atoms with E-state index in [-0.39, 0.29) is 24.1 Å². The lowest BCUT2D eigenvalue weighted by Crippen LogP contribution is -2.48. The summed E-state index contributed by atoms with van der Waals surface area (Å²) in [6, 6.07) is 19.1. The Hall–Kier alpha value is -3.13. The molecule has 0 radical (unpaired) electrons. The van der Waals surface area contributed by atoms with Crippen LogP contribution in [0.4, 0.5) is 4.39 Å². The molecule has 0 amide bonds. The van der Waals surface area contributed by atoms with E-state index >= 15 is 0 Å². The van der Waals surface area contributed by atoms with E-state index in [2.05, 4.69) is 4.90 Å². The third-order valence-corrected chi connectivity index (χ3v) is 7.60. The minimum Gasteiger partial charge on any atom is -0.508 e. The maximum absolute atomic E-state index is 13.4. The van der Waals surface area contributed by atoms with Gasteiger partial charge in [-0.15, -0.1) is 11.3 Å². The number of aromatic hydroxyl groups is 1. The van der Waals surface area contributed by atoms with Gasteiger partial charge in [0.1, 0.15) is 22.1 Å². The van der Waals surface area contributed by atoms with Crippen LogP contribution in [0.1, 0.15) is 21.7 Å². The van der Waals surface area contributed by atoms with Crippen LogP contribution in [0.25, 0.3) is 10.1 Å². The summed E-state index contributed by atoms with van der Waals surface area (Å²) in [7, 11) is 0. The largest absolute Gasteiger partial charge is 0.508 e. The molecule has 5 nitrogen and oxygen atoms in total. The van der Waals surface area contributed by atoms with Gasteiger partial charge in [-0.3, -0.25) is 9.18 Å². The van der Waals surface area contributed by atoms with Crippen molar-refractivity contribution in [3.05, 3.63) is 82.2 Å². The number of fused-ring (bicyclic) bond motifs is 1. The molecule has 5 rings (SSSR count). The van der Waals surface area contributed by atoms with Crippen LogP contribution >= 0.6 is 22.9 Å². The number of nitrogens with zero attached hydrogens (tertiary/aromatic N) is 1. The average molecular weight is 526 g/mol. The molecular weight excluding hydrogens is 501 g/mol. The van der Waals surface area contributed by atoms with Crippen molar-refractivity contribution in [3.8, 4) is 23.0 Å². The molecule has 1 fully saturated rings. The molecule has 0 unspecified atom stereocenters. The highest BCUT2D eigenvalue weighted by Crippen LogP contribution is 2.43. The molecule has 0 aliphatic carbocycles. The Balaban J connectivity index is 1.29. The number of phenolic OH excluding ortho intramolecular Hbond substituents is 1. The zero-order valence-corrected chi connectivity index (χ0v) is 21.0. The first-order valence-electron chi connectivity index (χ1n) is 11.8. The van der Waals surface area contributed by atoms with Crippen molar-refractivity contribution >= 4 is 38.8 Å². The topological polar surface area (TPSA) is 59.0 Å². The third-order valence-electron chi connectivity index (χ3n) is 6.13. The number of carbonyl (C=O) groups is 1. The summed E-state index contributed by atoms with van der Waals surface area (Å²) >= 11 is 7.54. The maximum atomic E-state index is 13.4. The third kappa shape index (κ3) is 5.33. The molecule has 1 aliphatic rings. The van der Waals surface area contributed by atoms with Gasteiger partial charge in [0.15, 0.2) is 5.75 Å². The highest BCUT2D eigenvalue weighted by Gasteiger charge is 2.26. The van der Waals surface area contributed by atoms with E-state index in [9.17, 15) is 14.3 Å². The summed E-state index contributed by atoms with van der Waals surface area (Å²) in [6.45, 7) is 2.91. The first kappa shape index (κ1) is 24.6. The Morgan fingerprint density at radius 1 is 1.08 bits per heavy atom. The van der Waals surface area contributed by atoms with Crippen molar-refractivity contribution in [2.24, 2.45) is 5.92 Å². The minimum absolute atomic E-state index is 0.116. The van der Waals surface area contributed by atoms with Crippen molar-refractivity contribution in [2.75, 3.05) is 32.9 Å². The average Bonchev–Trinajstić information content (AvgIpc) is 3.20. The number of hydrogen-bond acceptors (Lipinski definition) is 6. The van der Waals surface area contributed by atoms with E-state index in [0.717, 1.165) is 41.9 Å². The first-order valence-corrected chi connectivity index (χ1v) is 12.9. The maximum Gasteiger partial charge on any atom is 0.208 e. The summed E-state index contributed by atoms with van der Waals surface area (Å²) in [6.07, 6.45) is 0.874. The van der Waals surface area contributed by atoms with Crippen LogP contribution in [0.15, 0.2) is 66.7 Å². The minimum atomic E-state index is -0.240. The predicted molar refractivity (Wildman–Crippen MR) is 141 cm³/mol. The van der Waals surface area contributed by atoms with Crippen LogP contribution in [0.2, 0.25) is 5.02 Å². The van der Waals surface area contributed by atoms with Gasteiger partial charge >= 0.3 is 0 Å². The van der Waals surface area contributed by atoms with E-state index in [1.54, 1.807) is 54.6 Å². The highest BCUT2D eigenvalue weighted by atomic mass is 35.5. The Morgan fingerprint density at radius 3 is 2.58 bits per heavy atom. The van der Waals surface area contributed by atoms with Gasteiger partial charge in [0.05, 0.1) is 18.3 Å². The van der Waals surface area contributed by atoms with E-state index in [1.165, 1.54) is 11.3 Å². The number of thiophene rings is 1. The van der Waals surface area contributed by atoms with E-state index < -0.39 is 0 Å². The van der Waals surface area contributed by atoms with Gasteiger partial charge in [0.25, 0.3) is 0 Å². The normalized spacial score (nSPS) is 14.1. The van der Waals surface area contributed by atoms with Crippen LogP contribution in [0, 0.1) is 5.92 Å². The Labute approximate surface area is 217 Å². The standard InChI is InChI=1S/C28H25ClFNO4S/c29-24-5-2-1-4-22(24)26(33)28-27(23-11-6-19(32)14-25(23)36-28)35-21-9-7-20(8-10-21)34-13-3-12-31-16-18(15-30)17-31/h1-2,4-11,14,18,32H,3,12-13,15-17H2. The second-order valence-electron chi connectivity index (χ2n) is 8.81. The number of likely N-dealkylation sites (tertiary alicyclic amines) is 1. The molecule has 8 heteroatoms. The fourth-order valence-electron chi connectivity index (χ4n) is 4.24. The molecular formula is C28H25ClFNO4S. The molecule has 1 N–H and O–H groups in total. The van der Waals surface area contributed by atoms with Gasteiger partial charge in [-0.1, -0.05) is 23.7 Å². The van der Waals surface area contributed by atoms with Crippen molar-refractivity contribution in [1.82, 2.24) is 4.90 Å². The second-order valence-corrected chi connectivity index (χ2v) is 10.3.